The molecule has 0 aliphatic carbocycles. The van der Waals surface area contributed by atoms with Crippen molar-refractivity contribution in [3.63, 3.8) is 0 Å². The normalized spacial score (nSPS) is 14.7. The van der Waals surface area contributed by atoms with Crippen molar-refractivity contribution in [2.24, 2.45) is 5.92 Å². The Hall–Kier alpha value is -1.35. The van der Waals surface area contributed by atoms with Crippen LogP contribution < -0.4 is 5.32 Å². The fraction of sp³-hybridized carbons (Fsp3) is 0.500. The van der Waals surface area contributed by atoms with E-state index in [9.17, 15) is 4.39 Å². The van der Waals surface area contributed by atoms with Crippen LogP contribution in [0.1, 0.15) is 45.4 Å². The Labute approximate surface area is 114 Å². The Bertz CT molecular complexity index is 535. The van der Waals surface area contributed by atoms with Crippen LogP contribution in [-0.4, -0.2) is 6.54 Å². The van der Waals surface area contributed by atoms with Gasteiger partial charge in [-0.3, -0.25) is 0 Å². The predicted octanol–water partition coefficient (Wildman–Crippen LogP) is 4.66. The number of benzene rings is 1. The third-order valence-electron chi connectivity index (χ3n) is 3.56. The van der Waals surface area contributed by atoms with E-state index < -0.39 is 0 Å². The second-order valence-corrected chi connectivity index (χ2v) is 5.11. The number of hydrogen-bond donors (Lipinski definition) is 1. The molecule has 0 radical (unpaired) electrons. The fourth-order valence-corrected chi connectivity index (χ4v) is 2.62. The molecule has 0 spiro atoms. The Morgan fingerprint density at radius 2 is 2.11 bits per heavy atom. The van der Waals surface area contributed by atoms with E-state index in [4.69, 9.17) is 4.42 Å². The molecule has 1 aromatic carbocycles. The first-order valence-corrected chi connectivity index (χ1v) is 7.08. The minimum Gasteiger partial charge on any atom is -0.456 e. The third-order valence-corrected chi connectivity index (χ3v) is 3.56. The van der Waals surface area contributed by atoms with E-state index in [-0.39, 0.29) is 11.9 Å². The zero-order chi connectivity index (χ0) is 13.8. The van der Waals surface area contributed by atoms with Crippen molar-refractivity contribution < 1.29 is 8.81 Å². The molecule has 0 saturated carbocycles. The van der Waals surface area contributed by atoms with E-state index in [2.05, 4.69) is 26.1 Å². The second-order valence-electron chi connectivity index (χ2n) is 5.11. The Morgan fingerprint density at radius 1 is 1.32 bits per heavy atom. The van der Waals surface area contributed by atoms with E-state index in [0.717, 1.165) is 30.5 Å². The number of para-hydroxylation sites is 1. The summed E-state index contributed by atoms with van der Waals surface area (Å²) in [6, 6.07) is 7.15. The van der Waals surface area contributed by atoms with Crippen LogP contribution in [0.5, 0.6) is 0 Å². The highest BCUT2D eigenvalue weighted by atomic mass is 19.1. The molecule has 2 nitrogen and oxygen atoms in total. The van der Waals surface area contributed by atoms with Gasteiger partial charge in [0, 0.05) is 5.39 Å². The lowest BCUT2D eigenvalue weighted by Crippen LogP contribution is -2.26. The lowest BCUT2D eigenvalue weighted by molar-refractivity contribution is 0.320. The lowest BCUT2D eigenvalue weighted by atomic mass is 9.95. The van der Waals surface area contributed by atoms with Crippen molar-refractivity contribution in [1.29, 1.82) is 0 Å². The largest absolute Gasteiger partial charge is 0.456 e. The van der Waals surface area contributed by atoms with Crippen LogP contribution >= 0.6 is 0 Å². The molecule has 0 bridgehead atoms. The molecule has 2 unspecified atom stereocenters. The van der Waals surface area contributed by atoms with Crippen LogP contribution in [0.25, 0.3) is 11.0 Å². The molecular formula is C16H22FNO. The van der Waals surface area contributed by atoms with Crippen molar-refractivity contribution in [2.75, 3.05) is 6.54 Å². The van der Waals surface area contributed by atoms with Crippen LogP contribution in [-0.2, 0) is 0 Å². The first kappa shape index (κ1) is 14.1. The molecule has 1 N–H and O–H groups in total. The Kier molecular flexibility index (Phi) is 4.59. The highest BCUT2D eigenvalue weighted by Crippen LogP contribution is 2.31. The summed E-state index contributed by atoms with van der Waals surface area (Å²) in [5.41, 5.74) is 0.365. The van der Waals surface area contributed by atoms with Gasteiger partial charge in [0.25, 0.3) is 0 Å². The lowest BCUT2D eigenvalue weighted by Gasteiger charge is -2.22. The number of nitrogens with one attached hydrogen (secondary N) is 1. The summed E-state index contributed by atoms with van der Waals surface area (Å²) in [5.74, 6) is 1.01. The average Bonchev–Trinajstić information content (AvgIpc) is 2.81. The molecule has 2 atom stereocenters. The summed E-state index contributed by atoms with van der Waals surface area (Å²) < 4.78 is 19.4. The molecule has 0 fully saturated rings. The summed E-state index contributed by atoms with van der Waals surface area (Å²) in [6.07, 6.45) is 2.26. The van der Waals surface area contributed by atoms with Crippen molar-refractivity contribution in [2.45, 2.75) is 39.7 Å². The number of fused-ring (bicyclic) bond motifs is 1. The van der Waals surface area contributed by atoms with Gasteiger partial charge in [-0.1, -0.05) is 39.3 Å². The molecule has 19 heavy (non-hydrogen) atoms. The molecule has 2 aromatic rings. The first-order valence-electron chi connectivity index (χ1n) is 7.08. The maximum atomic E-state index is 13.7. The number of furan rings is 1. The fourth-order valence-electron chi connectivity index (χ4n) is 2.62. The molecule has 3 heteroatoms. The SMILES string of the molecule is CCCC(C)C(NCC)c1cc2cccc(F)c2o1. The van der Waals surface area contributed by atoms with Gasteiger partial charge in [-0.25, -0.2) is 4.39 Å². The monoisotopic (exact) mass is 263 g/mol. The molecule has 0 saturated heterocycles. The van der Waals surface area contributed by atoms with Crippen LogP contribution in [0.3, 0.4) is 0 Å². The van der Waals surface area contributed by atoms with Crippen molar-refractivity contribution in [3.8, 4) is 0 Å². The zero-order valence-electron chi connectivity index (χ0n) is 11.9. The molecule has 1 aromatic heterocycles. The van der Waals surface area contributed by atoms with E-state index in [0.29, 0.717) is 11.5 Å². The summed E-state index contributed by atoms with van der Waals surface area (Å²) in [5, 5.41) is 4.28. The molecule has 0 aliphatic rings. The maximum Gasteiger partial charge on any atom is 0.169 e. The molecule has 0 aliphatic heterocycles. The smallest absolute Gasteiger partial charge is 0.169 e. The van der Waals surface area contributed by atoms with Crippen molar-refractivity contribution in [3.05, 3.63) is 35.8 Å². The third kappa shape index (κ3) is 2.98. The van der Waals surface area contributed by atoms with Crippen LogP contribution in [0.2, 0.25) is 0 Å². The standard InChI is InChI=1S/C16H22FNO/c1-4-7-11(3)15(18-5-2)14-10-12-8-6-9-13(17)16(12)19-14/h6,8-11,15,18H,4-5,7H2,1-3H3. The van der Waals surface area contributed by atoms with E-state index >= 15 is 0 Å². The number of rotatable bonds is 6. The van der Waals surface area contributed by atoms with Gasteiger partial charge in [0.05, 0.1) is 6.04 Å². The first-order chi connectivity index (χ1) is 9.17. The van der Waals surface area contributed by atoms with E-state index in [1.807, 2.05) is 12.1 Å². The molecule has 0 amide bonds. The maximum absolute atomic E-state index is 13.7. The topological polar surface area (TPSA) is 25.2 Å². The highest BCUT2D eigenvalue weighted by Gasteiger charge is 2.22. The summed E-state index contributed by atoms with van der Waals surface area (Å²) in [4.78, 5) is 0. The summed E-state index contributed by atoms with van der Waals surface area (Å²) in [6.45, 7) is 7.34. The zero-order valence-corrected chi connectivity index (χ0v) is 11.9. The van der Waals surface area contributed by atoms with Gasteiger partial charge in [-0.15, -0.1) is 0 Å². The minimum atomic E-state index is -0.290. The van der Waals surface area contributed by atoms with Gasteiger partial charge >= 0.3 is 0 Å². The minimum absolute atomic E-state index is 0.150. The van der Waals surface area contributed by atoms with Gasteiger partial charge in [0.1, 0.15) is 5.76 Å². The number of hydrogen-bond acceptors (Lipinski definition) is 2. The van der Waals surface area contributed by atoms with E-state index in [1.54, 1.807) is 6.07 Å². The summed E-state index contributed by atoms with van der Waals surface area (Å²) >= 11 is 0. The van der Waals surface area contributed by atoms with Crippen molar-refractivity contribution >= 4 is 11.0 Å². The molecule has 2 rings (SSSR count). The van der Waals surface area contributed by atoms with Gasteiger partial charge in [0.2, 0.25) is 0 Å². The van der Waals surface area contributed by atoms with Gasteiger partial charge in [-0.05, 0) is 31.0 Å². The van der Waals surface area contributed by atoms with Crippen LogP contribution in [0.4, 0.5) is 4.39 Å². The van der Waals surface area contributed by atoms with Crippen molar-refractivity contribution in [1.82, 2.24) is 5.32 Å². The predicted molar refractivity (Wildman–Crippen MR) is 76.7 cm³/mol. The Morgan fingerprint density at radius 3 is 2.74 bits per heavy atom. The number of halogens is 1. The average molecular weight is 263 g/mol. The van der Waals surface area contributed by atoms with E-state index in [1.165, 1.54) is 6.07 Å². The second kappa shape index (κ2) is 6.20. The molecule has 1 heterocycles. The van der Waals surface area contributed by atoms with Crippen LogP contribution in [0.15, 0.2) is 28.7 Å². The summed E-state index contributed by atoms with van der Waals surface area (Å²) in [7, 11) is 0. The quantitative estimate of drug-likeness (QED) is 0.820. The molecule has 104 valence electrons. The Balaban J connectivity index is 2.36. The van der Waals surface area contributed by atoms with Crippen LogP contribution in [0, 0.1) is 11.7 Å². The van der Waals surface area contributed by atoms with Gasteiger partial charge in [0.15, 0.2) is 11.4 Å². The van der Waals surface area contributed by atoms with Gasteiger partial charge in [-0.2, -0.15) is 0 Å². The van der Waals surface area contributed by atoms with Gasteiger partial charge < -0.3 is 9.73 Å². The molecular weight excluding hydrogens is 241 g/mol. The highest BCUT2D eigenvalue weighted by molar-refractivity contribution is 5.78.